The Morgan fingerprint density at radius 2 is 1.83 bits per heavy atom. The van der Waals surface area contributed by atoms with Crippen molar-refractivity contribution < 1.29 is 22.3 Å². The van der Waals surface area contributed by atoms with E-state index in [0.29, 0.717) is 29.3 Å². The highest BCUT2D eigenvalue weighted by Gasteiger charge is 2.30. The van der Waals surface area contributed by atoms with Crippen LogP contribution < -0.4 is 0 Å². The van der Waals surface area contributed by atoms with Gasteiger partial charge >= 0.3 is 0 Å². The summed E-state index contributed by atoms with van der Waals surface area (Å²) in [5.41, 5.74) is 2.77. The number of carbonyl (C=O) groups is 1. The molecular weight excluding hydrogens is 469 g/mol. The summed E-state index contributed by atoms with van der Waals surface area (Å²) in [6.45, 7) is 3.39. The number of hydrogen-bond acceptors (Lipinski definition) is 5. The lowest BCUT2D eigenvalue weighted by Gasteiger charge is -2.24. The van der Waals surface area contributed by atoms with Crippen LogP contribution in [-0.2, 0) is 33.4 Å². The Labute approximate surface area is 205 Å². The summed E-state index contributed by atoms with van der Waals surface area (Å²) < 4.78 is 46.6. The molecule has 9 heteroatoms. The maximum Gasteiger partial charge on any atom is 0.254 e. The van der Waals surface area contributed by atoms with Gasteiger partial charge in [0.15, 0.2) is 0 Å². The molecule has 35 heavy (non-hydrogen) atoms. The van der Waals surface area contributed by atoms with E-state index in [4.69, 9.17) is 4.74 Å². The smallest absolute Gasteiger partial charge is 0.254 e. The molecule has 1 aliphatic rings. The molecule has 1 aliphatic carbocycles. The molecular formula is C26H30FN3O4S. The van der Waals surface area contributed by atoms with Gasteiger partial charge in [-0.3, -0.25) is 4.79 Å². The van der Waals surface area contributed by atoms with Crippen molar-refractivity contribution >= 4 is 15.7 Å². The van der Waals surface area contributed by atoms with Gasteiger partial charge in [-0.1, -0.05) is 29.8 Å². The van der Waals surface area contributed by atoms with E-state index in [1.54, 1.807) is 16.6 Å². The SMILES string of the molecule is COCCn1c(CN(CC2CC2)C(=O)c2ccc(C)cc2)cnc1S(=O)(=O)Cc1ccc(F)cc1. The second kappa shape index (κ2) is 10.7. The first-order valence-electron chi connectivity index (χ1n) is 11.6. The standard InChI is InChI=1S/C26H30FN3O4S/c1-19-3-9-22(10-4-19)25(31)29(16-20-5-6-20)17-24-15-28-26(30(24)13-14-34-2)35(32,33)18-21-7-11-23(27)12-8-21/h3-4,7-12,15,20H,5-6,13-14,16-18H2,1-2H3. The molecule has 0 radical (unpaired) electrons. The molecule has 1 aromatic heterocycles. The summed E-state index contributed by atoms with van der Waals surface area (Å²) in [5, 5.41) is -0.0805. The molecule has 0 aliphatic heterocycles. The lowest BCUT2D eigenvalue weighted by atomic mass is 10.1. The lowest BCUT2D eigenvalue weighted by molar-refractivity contribution is 0.0729. The zero-order valence-corrected chi connectivity index (χ0v) is 20.8. The Balaban J connectivity index is 1.62. The quantitative estimate of drug-likeness (QED) is 0.398. The summed E-state index contributed by atoms with van der Waals surface area (Å²) in [5.74, 6) is -0.359. The average Bonchev–Trinajstić information content (AvgIpc) is 3.56. The first kappa shape index (κ1) is 25.1. The van der Waals surface area contributed by atoms with Gasteiger partial charge < -0.3 is 14.2 Å². The molecule has 1 fully saturated rings. The molecule has 0 N–H and O–H groups in total. The van der Waals surface area contributed by atoms with Gasteiger partial charge in [0.25, 0.3) is 5.91 Å². The fraction of sp³-hybridized carbons (Fsp3) is 0.385. The van der Waals surface area contributed by atoms with E-state index in [9.17, 15) is 17.6 Å². The Hall–Kier alpha value is -3.04. The second-order valence-electron chi connectivity index (χ2n) is 9.06. The lowest BCUT2D eigenvalue weighted by Crippen LogP contribution is -2.33. The highest BCUT2D eigenvalue weighted by atomic mass is 32.2. The van der Waals surface area contributed by atoms with E-state index in [1.165, 1.54) is 30.5 Å². The Morgan fingerprint density at radius 3 is 2.46 bits per heavy atom. The van der Waals surface area contributed by atoms with E-state index >= 15 is 0 Å². The molecule has 1 saturated carbocycles. The zero-order valence-electron chi connectivity index (χ0n) is 20.0. The van der Waals surface area contributed by atoms with Crippen LogP contribution in [0.25, 0.3) is 0 Å². The van der Waals surface area contributed by atoms with Crippen molar-refractivity contribution in [1.29, 1.82) is 0 Å². The van der Waals surface area contributed by atoms with Gasteiger partial charge in [0.05, 0.1) is 30.8 Å². The van der Waals surface area contributed by atoms with Gasteiger partial charge in [-0.05, 0) is 55.5 Å². The molecule has 0 atom stereocenters. The molecule has 3 aromatic rings. The summed E-state index contributed by atoms with van der Waals surface area (Å²) in [4.78, 5) is 19.4. The third-order valence-electron chi connectivity index (χ3n) is 6.08. The van der Waals surface area contributed by atoms with Gasteiger partial charge in [-0.15, -0.1) is 0 Å². The van der Waals surface area contributed by atoms with Crippen molar-refractivity contribution in [2.75, 3.05) is 20.3 Å². The molecule has 1 heterocycles. The van der Waals surface area contributed by atoms with E-state index < -0.39 is 15.7 Å². The number of carbonyl (C=O) groups excluding carboxylic acids is 1. The van der Waals surface area contributed by atoms with Crippen LogP contribution in [0.4, 0.5) is 4.39 Å². The number of ether oxygens (including phenoxy) is 1. The fourth-order valence-electron chi connectivity index (χ4n) is 3.96. The minimum absolute atomic E-state index is 0.0805. The number of hydrogen-bond donors (Lipinski definition) is 0. The van der Waals surface area contributed by atoms with Crippen molar-refractivity contribution in [3.8, 4) is 0 Å². The van der Waals surface area contributed by atoms with Crippen molar-refractivity contribution in [1.82, 2.24) is 14.5 Å². The van der Waals surface area contributed by atoms with Crippen molar-refractivity contribution in [2.24, 2.45) is 5.92 Å². The Bertz CT molecular complexity index is 1270. The molecule has 4 rings (SSSR count). The number of nitrogens with zero attached hydrogens (tertiary/aromatic N) is 3. The van der Waals surface area contributed by atoms with Gasteiger partial charge in [-0.2, -0.15) is 0 Å². The Kier molecular flexibility index (Phi) is 7.66. The van der Waals surface area contributed by atoms with Crippen molar-refractivity contribution in [3.63, 3.8) is 0 Å². The molecule has 0 unspecified atom stereocenters. The predicted octanol–water partition coefficient (Wildman–Crippen LogP) is 4.00. The van der Waals surface area contributed by atoms with Crippen LogP contribution in [0, 0.1) is 18.7 Å². The first-order valence-corrected chi connectivity index (χ1v) is 13.3. The predicted molar refractivity (Wildman–Crippen MR) is 130 cm³/mol. The number of aromatic nitrogens is 2. The number of aryl methyl sites for hydroxylation is 1. The first-order chi connectivity index (χ1) is 16.8. The topological polar surface area (TPSA) is 81.5 Å². The maximum atomic E-state index is 13.3. The van der Waals surface area contributed by atoms with E-state index in [0.717, 1.165) is 18.4 Å². The third kappa shape index (κ3) is 6.35. The minimum atomic E-state index is -3.82. The molecule has 2 aromatic carbocycles. The summed E-state index contributed by atoms with van der Waals surface area (Å²) in [6, 6.07) is 12.8. The highest BCUT2D eigenvalue weighted by molar-refractivity contribution is 7.90. The zero-order chi connectivity index (χ0) is 25.0. The summed E-state index contributed by atoms with van der Waals surface area (Å²) in [7, 11) is -2.27. The van der Waals surface area contributed by atoms with Crippen LogP contribution in [0.15, 0.2) is 59.9 Å². The highest BCUT2D eigenvalue weighted by Crippen LogP contribution is 2.31. The summed E-state index contributed by atoms with van der Waals surface area (Å²) in [6.07, 6.45) is 3.69. The molecule has 0 bridgehead atoms. The minimum Gasteiger partial charge on any atom is -0.383 e. The third-order valence-corrected chi connectivity index (χ3v) is 7.68. The number of methoxy groups -OCH3 is 1. The summed E-state index contributed by atoms with van der Waals surface area (Å²) >= 11 is 0. The van der Waals surface area contributed by atoms with Gasteiger partial charge in [0, 0.05) is 25.8 Å². The number of imidazole rings is 1. The van der Waals surface area contributed by atoms with Crippen LogP contribution in [0.2, 0.25) is 0 Å². The van der Waals surface area contributed by atoms with Crippen LogP contribution in [0.5, 0.6) is 0 Å². The number of sulfone groups is 1. The Morgan fingerprint density at radius 1 is 1.14 bits per heavy atom. The van der Waals surface area contributed by atoms with Gasteiger partial charge in [0.1, 0.15) is 5.82 Å². The molecule has 0 saturated heterocycles. The number of amides is 1. The largest absolute Gasteiger partial charge is 0.383 e. The van der Waals surface area contributed by atoms with Crippen LogP contribution >= 0.6 is 0 Å². The molecule has 7 nitrogen and oxygen atoms in total. The fourth-order valence-corrected chi connectivity index (χ4v) is 5.48. The van der Waals surface area contributed by atoms with Crippen LogP contribution in [0.3, 0.4) is 0 Å². The monoisotopic (exact) mass is 499 g/mol. The number of halogens is 1. The molecule has 186 valence electrons. The van der Waals surface area contributed by atoms with Crippen molar-refractivity contribution in [2.45, 2.75) is 43.8 Å². The second-order valence-corrected chi connectivity index (χ2v) is 10.9. The average molecular weight is 500 g/mol. The number of benzene rings is 2. The molecule has 0 spiro atoms. The van der Waals surface area contributed by atoms with Crippen LogP contribution in [0.1, 0.15) is 40.0 Å². The van der Waals surface area contributed by atoms with E-state index in [1.807, 2.05) is 31.2 Å². The number of rotatable bonds is 11. The van der Waals surface area contributed by atoms with Crippen molar-refractivity contribution in [3.05, 3.63) is 82.9 Å². The molecule has 1 amide bonds. The van der Waals surface area contributed by atoms with Gasteiger partial charge in [-0.25, -0.2) is 17.8 Å². The van der Waals surface area contributed by atoms with E-state index in [-0.39, 0.29) is 36.5 Å². The van der Waals surface area contributed by atoms with E-state index in [2.05, 4.69) is 4.98 Å². The van der Waals surface area contributed by atoms with Gasteiger partial charge in [0.2, 0.25) is 15.0 Å². The van der Waals surface area contributed by atoms with Crippen LogP contribution in [-0.4, -0.2) is 49.0 Å². The maximum absolute atomic E-state index is 13.3. The normalized spacial score (nSPS) is 13.7.